The normalized spacial score (nSPS) is 17.7. The fraction of sp³-hybridized carbons (Fsp3) is 0.773. The number of carboxylic acids is 1. The number of unbranched alkanes of at least 4 members (excludes halogenated alkanes) is 1. The Morgan fingerprint density at radius 1 is 1.11 bits per heavy atom. The van der Waals surface area contributed by atoms with Crippen LogP contribution in [0, 0.1) is 0 Å². The second-order valence-electron chi connectivity index (χ2n) is 8.57. The molecule has 1 aliphatic rings. The van der Waals surface area contributed by atoms with Crippen LogP contribution in [0.25, 0.3) is 0 Å². The molecule has 0 aromatic heterocycles. The van der Waals surface area contributed by atoms with Crippen LogP contribution >= 0.6 is 24.4 Å². The standard InChI is InChI=1S/C22H40N6O6S2/c1-14(29)24-13-25-15(6-3-4-9-23)19(30)26-16(8-11-36-2)21(32)28-10-5-7-18(28)20(31)27-17(12-35)22(33)34/h15-18,25,35H,3-13,23H2,1-2H3,(H,24,29)(H,26,30)(H,27,31)(H,33,34)/t15-,16-,17-,18-/m0/s1. The maximum absolute atomic E-state index is 13.5. The predicted octanol–water partition coefficient (Wildman–Crippen LogP) is -1.10. The number of nitrogens with zero attached hydrogens (tertiary/aromatic N) is 1. The van der Waals surface area contributed by atoms with Crippen LogP contribution < -0.4 is 27.0 Å². The van der Waals surface area contributed by atoms with Crippen LogP contribution in [-0.4, -0.2) is 101 Å². The van der Waals surface area contributed by atoms with Gasteiger partial charge < -0.3 is 31.7 Å². The molecule has 0 unspecified atom stereocenters. The number of likely N-dealkylation sites (tertiary alicyclic amines) is 1. The van der Waals surface area contributed by atoms with E-state index < -0.39 is 36.0 Å². The van der Waals surface area contributed by atoms with E-state index in [0.29, 0.717) is 50.9 Å². The Hall–Kier alpha value is -2.03. The molecule has 4 atom stereocenters. The molecule has 4 amide bonds. The third-order valence-electron chi connectivity index (χ3n) is 5.81. The SMILES string of the molecule is CSCC[C@H](NC(=O)[C@H](CCCCN)NCNC(C)=O)C(=O)N1CCC[C@H]1C(=O)N[C@@H](CS)C(=O)O. The number of rotatable bonds is 17. The van der Waals surface area contributed by atoms with E-state index >= 15 is 0 Å². The first-order chi connectivity index (χ1) is 17.2. The van der Waals surface area contributed by atoms with Crippen molar-refractivity contribution in [3.8, 4) is 0 Å². The van der Waals surface area contributed by atoms with Crippen molar-refractivity contribution in [2.75, 3.05) is 37.5 Å². The van der Waals surface area contributed by atoms with Crippen molar-refractivity contribution >= 4 is 54.0 Å². The zero-order valence-electron chi connectivity index (χ0n) is 21.0. The van der Waals surface area contributed by atoms with Gasteiger partial charge in [0.1, 0.15) is 18.1 Å². The lowest BCUT2D eigenvalue weighted by atomic mass is 10.1. The maximum atomic E-state index is 13.5. The summed E-state index contributed by atoms with van der Waals surface area (Å²) in [5.74, 6) is -2.21. The molecule has 1 saturated heterocycles. The fourth-order valence-corrected chi connectivity index (χ4v) is 4.56. The number of nitrogens with one attached hydrogen (secondary N) is 4. The third kappa shape index (κ3) is 10.9. The second kappa shape index (κ2) is 17.4. The van der Waals surface area contributed by atoms with Gasteiger partial charge in [0.05, 0.1) is 12.7 Å². The second-order valence-corrected chi connectivity index (χ2v) is 9.92. The van der Waals surface area contributed by atoms with Gasteiger partial charge in [0.2, 0.25) is 23.6 Å². The van der Waals surface area contributed by atoms with Gasteiger partial charge in [-0.25, -0.2) is 4.79 Å². The number of hydrogen-bond acceptors (Lipinski definition) is 9. The Bertz CT molecular complexity index is 759. The number of thioether (sulfide) groups is 1. The lowest BCUT2D eigenvalue weighted by molar-refractivity contribution is -0.144. The average molecular weight is 549 g/mol. The summed E-state index contributed by atoms with van der Waals surface area (Å²) in [7, 11) is 0. The predicted molar refractivity (Wildman–Crippen MR) is 142 cm³/mol. The van der Waals surface area contributed by atoms with Crippen LogP contribution in [0.15, 0.2) is 0 Å². The van der Waals surface area contributed by atoms with Gasteiger partial charge in [0, 0.05) is 19.2 Å². The summed E-state index contributed by atoms with van der Waals surface area (Å²) in [6.07, 6.45) is 5.14. The molecular weight excluding hydrogens is 508 g/mol. The molecule has 1 fully saturated rings. The number of carbonyl (C=O) groups excluding carboxylic acids is 4. The van der Waals surface area contributed by atoms with E-state index in [1.165, 1.54) is 23.6 Å². The molecule has 12 nitrogen and oxygen atoms in total. The third-order valence-corrected chi connectivity index (χ3v) is 6.82. The molecular formula is C22H40N6O6S2. The van der Waals surface area contributed by atoms with Crippen molar-refractivity contribution < 1.29 is 29.1 Å². The lowest BCUT2D eigenvalue weighted by Gasteiger charge is -2.30. The van der Waals surface area contributed by atoms with Gasteiger partial charge in [-0.15, -0.1) is 0 Å². The van der Waals surface area contributed by atoms with Gasteiger partial charge in [-0.05, 0) is 50.7 Å². The topological polar surface area (TPSA) is 183 Å². The van der Waals surface area contributed by atoms with Gasteiger partial charge in [-0.1, -0.05) is 6.42 Å². The van der Waals surface area contributed by atoms with E-state index in [1.807, 2.05) is 6.26 Å². The molecule has 0 spiro atoms. The molecule has 36 heavy (non-hydrogen) atoms. The summed E-state index contributed by atoms with van der Waals surface area (Å²) in [5, 5.41) is 20.1. The number of hydrogen-bond donors (Lipinski definition) is 7. The molecule has 0 aliphatic carbocycles. The summed E-state index contributed by atoms with van der Waals surface area (Å²) >= 11 is 5.50. The number of amides is 4. The van der Waals surface area contributed by atoms with Crippen molar-refractivity contribution in [3.63, 3.8) is 0 Å². The van der Waals surface area contributed by atoms with Gasteiger partial charge in [-0.3, -0.25) is 24.5 Å². The Balaban J connectivity index is 2.95. The molecule has 0 aromatic carbocycles. The highest BCUT2D eigenvalue weighted by atomic mass is 32.2. The van der Waals surface area contributed by atoms with E-state index in [1.54, 1.807) is 0 Å². The molecule has 0 radical (unpaired) electrons. The molecule has 0 bridgehead atoms. The van der Waals surface area contributed by atoms with Crippen LogP contribution in [0.5, 0.6) is 0 Å². The Labute approximate surface area is 222 Å². The van der Waals surface area contributed by atoms with Crippen molar-refractivity contribution in [3.05, 3.63) is 0 Å². The highest BCUT2D eigenvalue weighted by molar-refractivity contribution is 7.98. The van der Waals surface area contributed by atoms with Crippen molar-refractivity contribution in [1.82, 2.24) is 26.2 Å². The number of thiol groups is 1. The minimum absolute atomic E-state index is 0.0782. The summed E-state index contributed by atoms with van der Waals surface area (Å²) in [5.41, 5.74) is 5.57. The molecule has 0 aromatic rings. The van der Waals surface area contributed by atoms with Gasteiger partial charge in [-0.2, -0.15) is 24.4 Å². The number of carbonyl (C=O) groups is 5. The van der Waals surface area contributed by atoms with Crippen molar-refractivity contribution in [1.29, 1.82) is 0 Å². The van der Waals surface area contributed by atoms with Crippen molar-refractivity contribution in [2.45, 2.75) is 69.6 Å². The van der Waals surface area contributed by atoms with Crippen LogP contribution in [0.1, 0.15) is 45.4 Å². The minimum atomic E-state index is -1.20. The van der Waals surface area contributed by atoms with Gasteiger partial charge >= 0.3 is 5.97 Å². The first kappa shape index (κ1) is 32.0. The number of nitrogens with two attached hydrogens (primary N) is 1. The summed E-state index contributed by atoms with van der Waals surface area (Å²) in [6.45, 7) is 2.30. The molecule has 0 saturated carbocycles. The smallest absolute Gasteiger partial charge is 0.327 e. The van der Waals surface area contributed by atoms with Gasteiger partial charge in [0.25, 0.3) is 0 Å². The van der Waals surface area contributed by atoms with Crippen molar-refractivity contribution in [2.24, 2.45) is 5.73 Å². The first-order valence-electron chi connectivity index (χ1n) is 12.1. The average Bonchev–Trinajstić information content (AvgIpc) is 3.33. The molecule has 14 heteroatoms. The summed E-state index contributed by atoms with van der Waals surface area (Å²) < 4.78 is 0. The quantitative estimate of drug-likeness (QED) is 0.0673. The highest BCUT2D eigenvalue weighted by Gasteiger charge is 2.39. The van der Waals surface area contributed by atoms with E-state index in [0.717, 1.165) is 6.42 Å². The number of aliphatic carboxylic acids is 1. The number of carboxylic acid groups (broad SMARTS) is 1. The Morgan fingerprint density at radius 2 is 1.83 bits per heavy atom. The maximum Gasteiger partial charge on any atom is 0.327 e. The fourth-order valence-electron chi connectivity index (χ4n) is 3.84. The lowest BCUT2D eigenvalue weighted by Crippen LogP contribution is -2.57. The molecule has 1 heterocycles. The minimum Gasteiger partial charge on any atom is -0.480 e. The molecule has 206 valence electrons. The van der Waals surface area contributed by atoms with Crippen LogP contribution in [0.3, 0.4) is 0 Å². The van der Waals surface area contributed by atoms with E-state index in [9.17, 15) is 29.1 Å². The van der Waals surface area contributed by atoms with E-state index in [4.69, 9.17) is 5.73 Å². The summed E-state index contributed by atoms with van der Waals surface area (Å²) in [4.78, 5) is 63.3. The molecule has 1 rings (SSSR count). The Morgan fingerprint density at radius 3 is 2.42 bits per heavy atom. The molecule has 7 N–H and O–H groups in total. The van der Waals surface area contributed by atoms with E-state index in [2.05, 4.69) is 33.9 Å². The summed E-state index contributed by atoms with van der Waals surface area (Å²) in [6, 6.07) is -3.46. The largest absolute Gasteiger partial charge is 0.480 e. The zero-order valence-corrected chi connectivity index (χ0v) is 22.7. The van der Waals surface area contributed by atoms with Gasteiger partial charge in [0.15, 0.2) is 0 Å². The van der Waals surface area contributed by atoms with Crippen LogP contribution in [0.2, 0.25) is 0 Å². The van der Waals surface area contributed by atoms with Crippen LogP contribution in [-0.2, 0) is 24.0 Å². The van der Waals surface area contributed by atoms with E-state index in [-0.39, 0.29) is 30.1 Å². The van der Waals surface area contributed by atoms with Crippen LogP contribution in [0.4, 0.5) is 0 Å². The highest BCUT2D eigenvalue weighted by Crippen LogP contribution is 2.20. The monoisotopic (exact) mass is 548 g/mol. The Kier molecular flexibility index (Phi) is 15.5. The molecule has 1 aliphatic heterocycles. The first-order valence-corrected chi connectivity index (χ1v) is 14.1. The zero-order chi connectivity index (χ0) is 27.1.